The Labute approximate surface area is 127 Å². The maximum Gasteiger partial charge on any atom is 0.319 e. The molecule has 0 radical (unpaired) electrons. The minimum atomic E-state index is -0.969. The molecule has 0 spiro atoms. The minimum absolute atomic E-state index is 0.0699. The number of amides is 2. The molecule has 0 saturated heterocycles. The molecular formula is C13H11BrF2N2O3. The molecule has 1 aliphatic carbocycles. The second-order valence-electron chi connectivity index (χ2n) is 4.51. The Morgan fingerprint density at radius 3 is 2.57 bits per heavy atom. The Hall–Kier alpha value is -1.96. The number of carbonyl (C=O) groups is 2. The van der Waals surface area contributed by atoms with E-state index in [1.54, 1.807) is 6.08 Å². The van der Waals surface area contributed by atoms with Crippen LogP contribution in [-0.2, 0) is 4.79 Å². The van der Waals surface area contributed by atoms with Crippen molar-refractivity contribution in [3.05, 3.63) is 40.4 Å². The maximum absolute atomic E-state index is 13.5. The van der Waals surface area contributed by atoms with Gasteiger partial charge in [0.05, 0.1) is 17.6 Å². The third-order valence-electron chi connectivity index (χ3n) is 2.96. The van der Waals surface area contributed by atoms with Gasteiger partial charge in [-0.15, -0.1) is 0 Å². The van der Waals surface area contributed by atoms with Crippen LogP contribution in [0.1, 0.15) is 6.42 Å². The highest BCUT2D eigenvalue weighted by molar-refractivity contribution is 9.10. The summed E-state index contributed by atoms with van der Waals surface area (Å²) in [5.74, 6) is -3.30. The molecule has 5 nitrogen and oxygen atoms in total. The number of urea groups is 1. The average molecular weight is 361 g/mol. The summed E-state index contributed by atoms with van der Waals surface area (Å²) in [6.45, 7) is 0. The Balaban J connectivity index is 1.98. The molecule has 2 unspecified atom stereocenters. The molecule has 0 fully saturated rings. The van der Waals surface area contributed by atoms with Crippen molar-refractivity contribution in [2.24, 2.45) is 5.92 Å². The zero-order valence-corrected chi connectivity index (χ0v) is 12.2. The zero-order chi connectivity index (χ0) is 15.6. The van der Waals surface area contributed by atoms with Crippen molar-refractivity contribution in [3.63, 3.8) is 0 Å². The van der Waals surface area contributed by atoms with Crippen molar-refractivity contribution in [1.29, 1.82) is 0 Å². The highest BCUT2D eigenvalue weighted by atomic mass is 79.9. The second kappa shape index (κ2) is 6.21. The lowest BCUT2D eigenvalue weighted by atomic mass is 10.1. The lowest BCUT2D eigenvalue weighted by Crippen LogP contribution is -2.36. The first-order valence-corrected chi connectivity index (χ1v) is 6.79. The molecule has 2 atom stereocenters. The standard InChI is InChI=1S/C13H11BrF2N2O3/c14-9-4-7(15)5-10(16)11(9)18-13(21)17-8-2-1-6(3-8)12(19)20/h1-2,4-6,8H,3H2,(H,19,20)(H2,17,18,21). The van der Waals surface area contributed by atoms with Crippen molar-refractivity contribution >= 4 is 33.6 Å². The number of hydrogen-bond donors (Lipinski definition) is 3. The van der Waals surface area contributed by atoms with Gasteiger partial charge in [-0.05, 0) is 28.4 Å². The smallest absolute Gasteiger partial charge is 0.319 e. The van der Waals surface area contributed by atoms with E-state index in [-0.39, 0.29) is 16.6 Å². The zero-order valence-electron chi connectivity index (χ0n) is 10.6. The first-order chi connectivity index (χ1) is 9.86. The average Bonchev–Trinajstić information content (AvgIpc) is 2.82. The van der Waals surface area contributed by atoms with Gasteiger partial charge in [0.15, 0.2) is 5.82 Å². The van der Waals surface area contributed by atoms with Gasteiger partial charge in [-0.2, -0.15) is 0 Å². The molecule has 0 heterocycles. The lowest BCUT2D eigenvalue weighted by Gasteiger charge is -2.14. The van der Waals surface area contributed by atoms with Crippen LogP contribution in [0.3, 0.4) is 0 Å². The number of carbonyl (C=O) groups excluding carboxylic acids is 1. The SMILES string of the molecule is O=C(Nc1c(F)cc(F)cc1Br)NC1C=CC(C(=O)O)C1. The van der Waals surface area contributed by atoms with Crippen LogP contribution in [0.4, 0.5) is 19.3 Å². The van der Waals surface area contributed by atoms with Crippen molar-refractivity contribution in [2.75, 3.05) is 5.32 Å². The second-order valence-corrected chi connectivity index (χ2v) is 5.37. The number of carboxylic acids is 1. The lowest BCUT2D eigenvalue weighted by molar-refractivity contribution is -0.140. The van der Waals surface area contributed by atoms with E-state index in [1.807, 2.05) is 0 Å². The predicted molar refractivity (Wildman–Crippen MR) is 74.9 cm³/mol. The van der Waals surface area contributed by atoms with Gasteiger partial charge in [0, 0.05) is 10.5 Å². The number of anilines is 1. The third kappa shape index (κ3) is 3.78. The Kier molecular flexibility index (Phi) is 4.56. The molecule has 1 aliphatic rings. The molecule has 3 N–H and O–H groups in total. The van der Waals surface area contributed by atoms with E-state index in [2.05, 4.69) is 26.6 Å². The molecule has 1 aromatic rings. The van der Waals surface area contributed by atoms with E-state index in [4.69, 9.17) is 5.11 Å². The van der Waals surface area contributed by atoms with E-state index in [0.29, 0.717) is 6.07 Å². The van der Waals surface area contributed by atoms with Crippen LogP contribution in [-0.4, -0.2) is 23.1 Å². The van der Waals surface area contributed by atoms with Gasteiger partial charge < -0.3 is 15.7 Å². The van der Waals surface area contributed by atoms with Crippen molar-refractivity contribution in [3.8, 4) is 0 Å². The van der Waals surface area contributed by atoms with Crippen LogP contribution in [0.2, 0.25) is 0 Å². The summed E-state index contributed by atoms with van der Waals surface area (Å²) in [6.07, 6.45) is 3.28. The van der Waals surface area contributed by atoms with E-state index in [9.17, 15) is 18.4 Å². The summed E-state index contributed by atoms with van der Waals surface area (Å²) >= 11 is 2.95. The molecule has 2 rings (SSSR count). The monoisotopic (exact) mass is 360 g/mol. The number of hydrogen-bond acceptors (Lipinski definition) is 2. The largest absolute Gasteiger partial charge is 0.481 e. The summed E-state index contributed by atoms with van der Waals surface area (Å²) in [6, 6.07) is 0.514. The van der Waals surface area contributed by atoms with Crippen LogP contribution in [0.15, 0.2) is 28.8 Å². The molecule has 8 heteroatoms. The van der Waals surface area contributed by atoms with Gasteiger partial charge in [0.2, 0.25) is 0 Å². The molecule has 1 aromatic carbocycles. The fourth-order valence-corrected chi connectivity index (χ4v) is 2.48. The summed E-state index contributed by atoms with van der Waals surface area (Å²) in [5, 5.41) is 13.6. The first kappa shape index (κ1) is 15.4. The fourth-order valence-electron chi connectivity index (χ4n) is 1.97. The van der Waals surface area contributed by atoms with Crippen LogP contribution in [0.25, 0.3) is 0 Å². The van der Waals surface area contributed by atoms with E-state index in [1.165, 1.54) is 6.08 Å². The highest BCUT2D eigenvalue weighted by Crippen LogP contribution is 2.27. The maximum atomic E-state index is 13.5. The molecule has 0 saturated carbocycles. The molecule has 21 heavy (non-hydrogen) atoms. The van der Waals surface area contributed by atoms with Crippen LogP contribution >= 0.6 is 15.9 Å². The molecule has 2 amide bonds. The highest BCUT2D eigenvalue weighted by Gasteiger charge is 2.25. The van der Waals surface area contributed by atoms with Gasteiger partial charge in [0.25, 0.3) is 0 Å². The quantitative estimate of drug-likeness (QED) is 0.725. The van der Waals surface area contributed by atoms with E-state index < -0.39 is 35.6 Å². The molecule has 0 aromatic heterocycles. The van der Waals surface area contributed by atoms with Gasteiger partial charge in [-0.1, -0.05) is 12.2 Å². The Morgan fingerprint density at radius 2 is 2.00 bits per heavy atom. The number of halogens is 3. The first-order valence-electron chi connectivity index (χ1n) is 6.00. The normalized spacial score (nSPS) is 20.3. The van der Waals surface area contributed by atoms with E-state index >= 15 is 0 Å². The Morgan fingerprint density at radius 1 is 1.29 bits per heavy atom. The van der Waals surface area contributed by atoms with Gasteiger partial charge in [-0.25, -0.2) is 13.6 Å². The summed E-state index contributed by atoms with van der Waals surface area (Å²) < 4.78 is 26.5. The van der Waals surface area contributed by atoms with Crippen LogP contribution in [0, 0.1) is 17.6 Å². The molecular weight excluding hydrogens is 350 g/mol. The van der Waals surface area contributed by atoms with E-state index in [0.717, 1.165) is 6.07 Å². The molecule has 112 valence electrons. The van der Waals surface area contributed by atoms with Gasteiger partial charge in [0.1, 0.15) is 5.82 Å². The summed E-state index contributed by atoms with van der Waals surface area (Å²) in [4.78, 5) is 22.5. The van der Waals surface area contributed by atoms with Crippen molar-refractivity contribution < 1.29 is 23.5 Å². The fraction of sp³-hybridized carbons (Fsp3) is 0.231. The van der Waals surface area contributed by atoms with Crippen molar-refractivity contribution in [1.82, 2.24) is 5.32 Å². The number of aliphatic carboxylic acids is 1. The topological polar surface area (TPSA) is 78.4 Å². The Bertz CT molecular complexity index is 598. The number of rotatable bonds is 3. The summed E-state index contributed by atoms with van der Waals surface area (Å²) in [5.41, 5.74) is -0.189. The van der Waals surface area contributed by atoms with Crippen molar-refractivity contribution in [2.45, 2.75) is 12.5 Å². The summed E-state index contributed by atoms with van der Waals surface area (Å²) in [7, 11) is 0. The molecule has 0 bridgehead atoms. The van der Waals surface area contributed by atoms with Gasteiger partial charge >= 0.3 is 12.0 Å². The number of benzene rings is 1. The number of nitrogens with one attached hydrogen (secondary N) is 2. The van der Waals surface area contributed by atoms with Gasteiger partial charge in [-0.3, -0.25) is 4.79 Å². The predicted octanol–water partition coefficient (Wildman–Crippen LogP) is 2.88. The number of carboxylic acid groups (broad SMARTS) is 1. The molecule has 0 aliphatic heterocycles. The minimum Gasteiger partial charge on any atom is -0.481 e. The van der Waals surface area contributed by atoms with Crippen LogP contribution < -0.4 is 10.6 Å². The van der Waals surface area contributed by atoms with Crippen LogP contribution in [0.5, 0.6) is 0 Å². The third-order valence-corrected chi connectivity index (χ3v) is 3.59.